The van der Waals surface area contributed by atoms with Gasteiger partial charge in [-0.3, -0.25) is 4.90 Å². The molecule has 5 heteroatoms. The maximum absolute atomic E-state index is 9.82. The van der Waals surface area contributed by atoms with E-state index < -0.39 is 0 Å². The Balaban J connectivity index is 0.00000225. The van der Waals surface area contributed by atoms with Crippen LogP contribution in [0.25, 0.3) is 0 Å². The number of aliphatic hydroxyl groups is 1. The molecule has 0 bridgehead atoms. The Kier molecular flexibility index (Phi) is 8.01. The van der Waals surface area contributed by atoms with Crippen molar-refractivity contribution in [1.29, 1.82) is 0 Å². The molecule has 0 aromatic heterocycles. The molecule has 25 heavy (non-hydrogen) atoms. The molecule has 2 aliphatic rings. The summed E-state index contributed by atoms with van der Waals surface area (Å²) in [6, 6.07) is 6.89. The lowest BCUT2D eigenvalue weighted by molar-refractivity contribution is -0.0316. The minimum Gasteiger partial charge on any atom is -0.496 e. The summed E-state index contributed by atoms with van der Waals surface area (Å²) in [4.78, 5) is 2.45. The van der Waals surface area contributed by atoms with Gasteiger partial charge in [0.25, 0.3) is 0 Å². The van der Waals surface area contributed by atoms with Crippen LogP contribution in [0.2, 0.25) is 0 Å². The van der Waals surface area contributed by atoms with Crippen molar-refractivity contribution in [1.82, 2.24) is 4.90 Å². The van der Waals surface area contributed by atoms with Gasteiger partial charge in [0.15, 0.2) is 0 Å². The van der Waals surface area contributed by atoms with Gasteiger partial charge in [-0.1, -0.05) is 25.0 Å². The number of aliphatic hydroxyl groups excluding tert-OH is 1. The third-order valence-electron chi connectivity index (χ3n) is 5.53. The summed E-state index contributed by atoms with van der Waals surface area (Å²) in [6.45, 7) is 4.65. The number of halogens is 1. The fourth-order valence-electron chi connectivity index (χ4n) is 4.11. The topological polar surface area (TPSA) is 41.9 Å². The molecule has 4 nitrogen and oxygen atoms in total. The Morgan fingerprint density at radius 1 is 1.20 bits per heavy atom. The number of methoxy groups -OCH3 is 1. The largest absolute Gasteiger partial charge is 0.496 e. The van der Waals surface area contributed by atoms with Gasteiger partial charge < -0.3 is 14.6 Å². The van der Waals surface area contributed by atoms with Gasteiger partial charge in [-0.15, -0.1) is 12.4 Å². The average molecular weight is 370 g/mol. The van der Waals surface area contributed by atoms with Crippen LogP contribution in [0.4, 0.5) is 0 Å². The van der Waals surface area contributed by atoms with Crippen LogP contribution in [0.15, 0.2) is 18.2 Å². The van der Waals surface area contributed by atoms with Crippen molar-refractivity contribution in [2.45, 2.75) is 63.7 Å². The highest BCUT2D eigenvalue weighted by molar-refractivity contribution is 5.85. The van der Waals surface area contributed by atoms with Gasteiger partial charge in [-0.25, -0.2) is 0 Å². The normalized spacial score (nSPS) is 27.1. The van der Waals surface area contributed by atoms with E-state index in [1.54, 1.807) is 7.11 Å². The van der Waals surface area contributed by atoms with E-state index in [1.165, 1.54) is 30.4 Å². The summed E-state index contributed by atoms with van der Waals surface area (Å²) in [6.07, 6.45) is 6.89. The molecular weight excluding hydrogens is 338 g/mol. The summed E-state index contributed by atoms with van der Waals surface area (Å²) >= 11 is 0. The quantitative estimate of drug-likeness (QED) is 0.834. The Labute approximate surface area is 157 Å². The van der Waals surface area contributed by atoms with Crippen LogP contribution in [0.1, 0.15) is 43.2 Å². The van der Waals surface area contributed by atoms with Crippen molar-refractivity contribution in [3.63, 3.8) is 0 Å². The maximum atomic E-state index is 9.82. The predicted molar refractivity (Wildman–Crippen MR) is 103 cm³/mol. The maximum Gasteiger partial charge on any atom is 0.122 e. The second-order valence-corrected chi connectivity index (χ2v) is 7.25. The zero-order valence-electron chi connectivity index (χ0n) is 15.4. The second kappa shape index (κ2) is 9.77. The molecule has 1 aliphatic carbocycles. The molecule has 1 aromatic carbocycles. The van der Waals surface area contributed by atoms with Crippen molar-refractivity contribution in [3.8, 4) is 5.75 Å². The molecule has 0 amide bonds. The lowest BCUT2D eigenvalue weighted by Gasteiger charge is -2.37. The van der Waals surface area contributed by atoms with E-state index in [4.69, 9.17) is 9.47 Å². The highest BCUT2D eigenvalue weighted by Crippen LogP contribution is 2.28. The molecule has 1 saturated carbocycles. The number of benzene rings is 1. The molecule has 142 valence electrons. The number of nitrogens with zero attached hydrogens (tertiary/aromatic N) is 1. The third-order valence-corrected chi connectivity index (χ3v) is 5.53. The summed E-state index contributed by atoms with van der Waals surface area (Å²) in [5.41, 5.74) is 2.43. The van der Waals surface area contributed by atoms with Gasteiger partial charge in [-0.2, -0.15) is 0 Å². The van der Waals surface area contributed by atoms with E-state index in [2.05, 4.69) is 30.0 Å². The van der Waals surface area contributed by atoms with Crippen LogP contribution in [-0.4, -0.2) is 55.1 Å². The number of ether oxygens (including phenoxy) is 2. The van der Waals surface area contributed by atoms with Gasteiger partial charge in [-0.05, 0) is 49.8 Å². The minimum atomic E-state index is -0.146. The first-order chi connectivity index (χ1) is 11.7. The van der Waals surface area contributed by atoms with Gasteiger partial charge in [0.1, 0.15) is 5.75 Å². The van der Waals surface area contributed by atoms with E-state index in [1.807, 2.05) is 0 Å². The van der Waals surface area contributed by atoms with Gasteiger partial charge >= 0.3 is 0 Å². The number of aryl methyl sites for hydroxylation is 1. The molecule has 1 heterocycles. The summed E-state index contributed by atoms with van der Waals surface area (Å²) in [5, 5.41) is 9.82. The van der Waals surface area contributed by atoms with Crippen LogP contribution < -0.4 is 4.74 Å². The van der Waals surface area contributed by atoms with E-state index in [0.717, 1.165) is 44.7 Å². The minimum absolute atomic E-state index is 0. The fourth-order valence-corrected chi connectivity index (χ4v) is 4.11. The first kappa shape index (κ1) is 20.5. The second-order valence-electron chi connectivity index (χ2n) is 7.25. The van der Waals surface area contributed by atoms with Crippen molar-refractivity contribution in [3.05, 3.63) is 29.3 Å². The van der Waals surface area contributed by atoms with Gasteiger partial charge in [0, 0.05) is 19.1 Å². The standard InChI is InChI=1S/C20H31NO3.ClH/c1-15-7-8-16(13-20(15)23-2)10-12-24-19-6-4-3-5-18(19)21-11-9-17(22)14-21;/h7-8,13,17-19,22H,3-6,9-12,14H2,1-2H3;1H/t17-,18-,19-;/m1./s1. The number of rotatable bonds is 6. The van der Waals surface area contributed by atoms with E-state index >= 15 is 0 Å². The lowest BCUT2D eigenvalue weighted by Crippen LogP contribution is -2.46. The third kappa shape index (κ3) is 5.33. The molecule has 3 atom stereocenters. The number of β-amino-alcohol motifs (C(OH)–C–C–N with tert-alkyl or cyclic N) is 1. The molecule has 1 aliphatic heterocycles. The number of hydrogen-bond donors (Lipinski definition) is 1. The van der Waals surface area contributed by atoms with Crippen molar-refractivity contribution >= 4 is 12.4 Å². The van der Waals surface area contributed by atoms with E-state index in [9.17, 15) is 5.11 Å². The molecule has 0 radical (unpaired) electrons. The van der Waals surface area contributed by atoms with Crippen LogP contribution >= 0.6 is 12.4 Å². The Bertz CT molecular complexity index is 540. The van der Waals surface area contributed by atoms with E-state index in [0.29, 0.717) is 12.1 Å². The summed E-state index contributed by atoms with van der Waals surface area (Å²) in [5.74, 6) is 0.953. The van der Waals surface area contributed by atoms with Crippen LogP contribution in [0, 0.1) is 6.92 Å². The SMILES string of the molecule is COc1cc(CCO[C@@H]2CCCC[C@H]2N2CC[C@@H](O)C2)ccc1C.Cl. The molecule has 0 spiro atoms. The molecule has 1 N–H and O–H groups in total. The first-order valence-electron chi connectivity index (χ1n) is 9.34. The summed E-state index contributed by atoms with van der Waals surface area (Å²) in [7, 11) is 1.72. The average Bonchev–Trinajstić information content (AvgIpc) is 3.03. The van der Waals surface area contributed by atoms with Crippen LogP contribution in [0.5, 0.6) is 5.75 Å². The Hall–Kier alpha value is -0.810. The van der Waals surface area contributed by atoms with Crippen LogP contribution in [0.3, 0.4) is 0 Å². The lowest BCUT2D eigenvalue weighted by atomic mass is 9.91. The van der Waals surface area contributed by atoms with Crippen LogP contribution in [-0.2, 0) is 11.2 Å². The number of hydrogen-bond acceptors (Lipinski definition) is 4. The number of likely N-dealkylation sites (tertiary alicyclic amines) is 1. The first-order valence-corrected chi connectivity index (χ1v) is 9.34. The van der Waals surface area contributed by atoms with Crippen molar-refractivity contribution in [2.75, 3.05) is 26.8 Å². The zero-order valence-corrected chi connectivity index (χ0v) is 16.3. The van der Waals surface area contributed by atoms with Crippen molar-refractivity contribution < 1.29 is 14.6 Å². The smallest absolute Gasteiger partial charge is 0.122 e. The zero-order chi connectivity index (χ0) is 16.9. The van der Waals surface area contributed by atoms with Gasteiger partial charge in [0.2, 0.25) is 0 Å². The monoisotopic (exact) mass is 369 g/mol. The molecule has 1 aromatic rings. The fraction of sp³-hybridized carbons (Fsp3) is 0.700. The molecular formula is C20H32ClNO3. The Morgan fingerprint density at radius 2 is 2.00 bits per heavy atom. The molecule has 0 unspecified atom stereocenters. The molecule has 3 rings (SSSR count). The Morgan fingerprint density at radius 3 is 2.72 bits per heavy atom. The highest BCUT2D eigenvalue weighted by atomic mass is 35.5. The van der Waals surface area contributed by atoms with Gasteiger partial charge in [0.05, 0.1) is 25.9 Å². The van der Waals surface area contributed by atoms with Crippen molar-refractivity contribution in [2.24, 2.45) is 0 Å². The summed E-state index contributed by atoms with van der Waals surface area (Å²) < 4.78 is 11.7. The predicted octanol–water partition coefficient (Wildman–Crippen LogP) is 3.36. The molecule has 1 saturated heterocycles. The highest BCUT2D eigenvalue weighted by Gasteiger charge is 2.34. The van der Waals surface area contributed by atoms with E-state index in [-0.39, 0.29) is 18.5 Å². The molecule has 2 fully saturated rings.